The topological polar surface area (TPSA) is 76.1 Å². The lowest BCUT2D eigenvalue weighted by Gasteiger charge is -2.30. The molecule has 0 aromatic rings. The predicted octanol–water partition coefficient (Wildman–Crippen LogP) is 14.6. The van der Waals surface area contributed by atoms with E-state index in [1.54, 1.807) is 0 Å². The van der Waals surface area contributed by atoms with Crippen molar-refractivity contribution in [3.8, 4) is 0 Å². The van der Waals surface area contributed by atoms with E-state index in [1.165, 1.54) is 167 Å². The van der Waals surface area contributed by atoms with Crippen LogP contribution >= 0.6 is 0 Å². The molecule has 332 valence electrons. The van der Waals surface area contributed by atoms with Crippen molar-refractivity contribution in [2.75, 3.05) is 32.8 Å². The minimum absolute atomic E-state index is 0.0179. The van der Waals surface area contributed by atoms with Crippen LogP contribution in [0.3, 0.4) is 0 Å². The zero-order valence-electron chi connectivity index (χ0n) is 38.0. The number of esters is 2. The van der Waals surface area contributed by atoms with Gasteiger partial charge in [0.2, 0.25) is 0 Å². The monoisotopic (exact) mass is 792 g/mol. The molecular weight excluding hydrogens is 695 g/mol. The summed E-state index contributed by atoms with van der Waals surface area (Å²) in [5, 5.41) is 9.36. The molecule has 0 aliphatic heterocycles. The number of carbonyl (C=O) groups is 2. The Kier molecular flexibility index (Phi) is 37.1. The van der Waals surface area contributed by atoms with Gasteiger partial charge < -0.3 is 19.5 Å². The van der Waals surface area contributed by atoms with Crippen molar-refractivity contribution in [1.82, 2.24) is 4.90 Å². The Morgan fingerprint density at radius 1 is 0.536 bits per heavy atom. The van der Waals surface area contributed by atoms with Crippen LogP contribution in [0.15, 0.2) is 0 Å². The zero-order chi connectivity index (χ0) is 40.6. The molecule has 1 aliphatic carbocycles. The van der Waals surface area contributed by atoms with Crippen molar-refractivity contribution in [2.24, 2.45) is 5.41 Å². The van der Waals surface area contributed by atoms with Crippen molar-refractivity contribution < 1.29 is 24.2 Å². The van der Waals surface area contributed by atoms with Crippen LogP contribution in [-0.4, -0.2) is 60.9 Å². The molecule has 1 saturated carbocycles. The van der Waals surface area contributed by atoms with E-state index in [-0.39, 0.29) is 30.1 Å². The molecule has 0 heterocycles. The SMILES string of the molecule is CCCCCCCCCOC(=O)CCCCCCCN(CCCCO)CCCCCCC1(C(=O)OC(CCCCCCCC)CCCCCCCC)CCCC1. The lowest BCUT2D eigenvalue weighted by molar-refractivity contribution is -0.163. The summed E-state index contributed by atoms with van der Waals surface area (Å²) in [6.07, 6.45) is 44.6. The molecule has 1 fully saturated rings. The van der Waals surface area contributed by atoms with E-state index in [0.29, 0.717) is 13.0 Å². The number of ether oxygens (including phenoxy) is 2. The van der Waals surface area contributed by atoms with Gasteiger partial charge in [-0.2, -0.15) is 0 Å². The summed E-state index contributed by atoms with van der Waals surface area (Å²) < 4.78 is 11.9. The summed E-state index contributed by atoms with van der Waals surface area (Å²) in [7, 11) is 0. The third-order valence-corrected chi connectivity index (χ3v) is 12.7. The number of hydrogen-bond donors (Lipinski definition) is 1. The smallest absolute Gasteiger partial charge is 0.312 e. The second-order valence-electron chi connectivity index (χ2n) is 17.9. The Balaban J connectivity index is 2.36. The average Bonchev–Trinajstić information content (AvgIpc) is 3.69. The van der Waals surface area contributed by atoms with Crippen LogP contribution in [0, 0.1) is 5.41 Å². The van der Waals surface area contributed by atoms with Crippen molar-refractivity contribution in [2.45, 2.75) is 271 Å². The van der Waals surface area contributed by atoms with Crippen molar-refractivity contribution in [1.29, 1.82) is 0 Å². The molecule has 0 aromatic carbocycles. The molecule has 0 spiro atoms. The highest BCUT2D eigenvalue weighted by Gasteiger charge is 2.42. The first kappa shape index (κ1) is 52.9. The number of unbranched alkanes of at least 4 members (excludes halogenated alkanes) is 24. The molecule has 0 radical (unpaired) electrons. The highest BCUT2D eigenvalue weighted by atomic mass is 16.5. The van der Waals surface area contributed by atoms with E-state index in [0.717, 1.165) is 90.3 Å². The number of aliphatic hydroxyl groups excluding tert-OH is 1. The van der Waals surface area contributed by atoms with Crippen LogP contribution in [0.1, 0.15) is 265 Å². The number of aliphatic hydroxyl groups is 1. The third kappa shape index (κ3) is 30.0. The van der Waals surface area contributed by atoms with Gasteiger partial charge in [0, 0.05) is 13.0 Å². The number of carbonyl (C=O) groups excluding carboxylic acids is 2. The Morgan fingerprint density at radius 3 is 1.48 bits per heavy atom. The number of hydrogen-bond acceptors (Lipinski definition) is 6. The molecule has 0 atom stereocenters. The van der Waals surface area contributed by atoms with Crippen LogP contribution in [-0.2, 0) is 19.1 Å². The molecule has 1 rings (SSSR count). The van der Waals surface area contributed by atoms with Crippen LogP contribution < -0.4 is 0 Å². The summed E-state index contributed by atoms with van der Waals surface area (Å²) in [5.74, 6) is 0.126. The molecule has 1 aliphatic rings. The van der Waals surface area contributed by atoms with Crippen molar-refractivity contribution in [3.63, 3.8) is 0 Å². The van der Waals surface area contributed by atoms with Gasteiger partial charge in [-0.05, 0) is 103 Å². The van der Waals surface area contributed by atoms with Gasteiger partial charge in [-0.15, -0.1) is 0 Å². The zero-order valence-corrected chi connectivity index (χ0v) is 38.0. The van der Waals surface area contributed by atoms with Gasteiger partial charge in [0.05, 0.1) is 12.0 Å². The van der Waals surface area contributed by atoms with E-state index < -0.39 is 0 Å². The molecule has 6 heteroatoms. The van der Waals surface area contributed by atoms with Gasteiger partial charge in [-0.1, -0.05) is 175 Å². The van der Waals surface area contributed by atoms with Gasteiger partial charge in [0.25, 0.3) is 0 Å². The van der Waals surface area contributed by atoms with Crippen molar-refractivity contribution >= 4 is 11.9 Å². The first-order chi connectivity index (χ1) is 27.5. The molecular formula is C50H97NO5. The number of nitrogens with zero attached hydrogens (tertiary/aromatic N) is 1. The van der Waals surface area contributed by atoms with E-state index in [9.17, 15) is 14.7 Å². The highest BCUT2D eigenvalue weighted by Crippen LogP contribution is 2.44. The lowest BCUT2D eigenvalue weighted by atomic mass is 9.80. The fraction of sp³-hybridized carbons (Fsp3) is 0.960. The third-order valence-electron chi connectivity index (χ3n) is 12.7. The largest absolute Gasteiger partial charge is 0.466 e. The maximum atomic E-state index is 13.9. The predicted molar refractivity (Wildman–Crippen MR) is 239 cm³/mol. The summed E-state index contributed by atoms with van der Waals surface area (Å²) in [6.45, 7) is 11.0. The van der Waals surface area contributed by atoms with Crippen LogP contribution in [0.25, 0.3) is 0 Å². The van der Waals surface area contributed by atoms with Crippen LogP contribution in [0.4, 0.5) is 0 Å². The van der Waals surface area contributed by atoms with Gasteiger partial charge in [-0.25, -0.2) is 0 Å². The quantitative estimate of drug-likeness (QED) is 0.0490. The van der Waals surface area contributed by atoms with Gasteiger partial charge in [-0.3, -0.25) is 9.59 Å². The maximum absolute atomic E-state index is 13.9. The van der Waals surface area contributed by atoms with Crippen LogP contribution in [0.5, 0.6) is 0 Å². The van der Waals surface area contributed by atoms with Crippen molar-refractivity contribution in [3.05, 3.63) is 0 Å². The average molecular weight is 792 g/mol. The molecule has 0 aromatic heterocycles. The fourth-order valence-corrected chi connectivity index (χ4v) is 8.84. The van der Waals surface area contributed by atoms with E-state index >= 15 is 0 Å². The highest BCUT2D eigenvalue weighted by molar-refractivity contribution is 5.77. The molecule has 0 unspecified atom stereocenters. The van der Waals surface area contributed by atoms with Gasteiger partial charge in [0.1, 0.15) is 6.10 Å². The molecule has 0 bridgehead atoms. The molecule has 0 amide bonds. The first-order valence-corrected chi connectivity index (χ1v) is 25.2. The molecule has 1 N–H and O–H groups in total. The van der Waals surface area contributed by atoms with E-state index in [2.05, 4.69) is 25.7 Å². The number of rotatable bonds is 43. The Morgan fingerprint density at radius 2 is 0.964 bits per heavy atom. The lowest BCUT2D eigenvalue weighted by Crippen LogP contribution is -2.33. The Labute approximate surface area is 349 Å². The van der Waals surface area contributed by atoms with Gasteiger partial charge in [0.15, 0.2) is 0 Å². The standard InChI is InChI=1S/C50H97NO5/c1-4-7-10-13-16-24-35-46-55-48(53)38-27-20-17-22-31-42-51(44-33-34-45-52)43-32-23-21-28-39-50(40-29-30-41-50)49(54)56-47(36-25-18-14-11-8-5-2)37-26-19-15-12-9-6-3/h47,52H,4-46H2,1-3H3. The Bertz CT molecular complexity index is 842. The summed E-state index contributed by atoms with van der Waals surface area (Å²) in [6, 6.07) is 0. The molecule has 0 saturated heterocycles. The summed E-state index contributed by atoms with van der Waals surface area (Å²) in [5.41, 5.74) is -0.232. The maximum Gasteiger partial charge on any atom is 0.312 e. The normalized spacial score (nSPS) is 14.0. The minimum atomic E-state index is -0.232. The summed E-state index contributed by atoms with van der Waals surface area (Å²) >= 11 is 0. The first-order valence-electron chi connectivity index (χ1n) is 25.2. The van der Waals surface area contributed by atoms with Gasteiger partial charge >= 0.3 is 11.9 Å². The Hall–Kier alpha value is -1.14. The van der Waals surface area contributed by atoms with Crippen LogP contribution in [0.2, 0.25) is 0 Å². The molecule has 6 nitrogen and oxygen atoms in total. The second-order valence-corrected chi connectivity index (χ2v) is 17.9. The van der Waals surface area contributed by atoms with E-state index in [1.807, 2.05) is 0 Å². The van der Waals surface area contributed by atoms with E-state index in [4.69, 9.17) is 9.47 Å². The molecule has 56 heavy (non-hydrogen) atoms. The fourth-order valence-electron chi connectivity index (χ4n) is 8.84. The summed E-state index contributed by atoms with van der Waals surface area (Å²) in [4.78, 5) is 28.6. The minimum Gasteiger partial charge on any atom is -0.466 e. The second kappa shape index (κ2) is 39.3.